The van der Waals surface area contributed by atoms with Gasteiger partial charge >= 0.3 is 0 Å². The minimum absolute atomic E-state index is 0.146. The van der Waals surface area contributed by atoms with E-state index in [1.807, 2.05) is 76.3 Å². The molecular weight excluding hydrogens is 362 g/mol. The third-order valence-corrected chi connectivity index (χ3v) is 4.96. The summed E-state index contributed by atoms with van der Waals surface area (Å²) >= 11 is 0. The number of carbonyl (C=O) groups is 1. The van der Waals surface area contributed by atoms with Crippen LogP contribution in [0.25, 0.3) is 5.57 Å². The van der Waals surface area contributed by atoms with Gasteiger partial charge in [0.2, 0.25) is 0 Å². The number of fused-ring (bicyclic) bond motifs is 1. The van der Waals surface area contributed by atoms with Crippen molar-refractivity contribution < 1.29 is 14.3 Å². The van der Waals surface area contributed by atoms with Crippen LogP contribution >= 0.6 is 0 Å². The Labute approximate surface area is 172 Å². The van der Waals surface area contributed by atoms with Crippen molar-refractivity contribution in [1.82, 2.24) is 5.32 Å². The molecule has 1 amide bonds. The van der Waals surface area contributed by atoms with Crippen LogP contribution in [-0.2, 0) is 0 Å². The summed E-state index contributed by atoms with van der Waals surface area (Å²) in [6.45, 7) is 13.0. The minimum Gasteiger partial charge on any atom is -0.486 e. The van der Waals surface area contributed by atoms with Gasteiger partial charge in [0, 0.05) is 11.3 Å². The van der Waals surface area contributed by atoms with E-state index in [0.29, 0.717) is 24.5 Å². The van der Waals surface area contributed by atoms with Gasteiger partial charge in [-0.2, -0.15) is 0 Å². The van der Waals surface area contributed by atoms with Gasteiger partial charge in [-0.05, 0) is 73.7 Å². The molecule has 4 heteroatoms. The molecule has 0 saturated carbocycles. The molecule has 2 aromatic rings. The van der Waals surface area contributed by atoms with Gasteiger partial charge in [0.1, 0.15) is 13.2 Å². The molecule has 0 aliphatic carbocycles. The highest BCUT2D eigenvalue weighted by Gasteiger charge is 2.15. The van der Waals surface area contributed by atoms with Crippen LogP contribution in [0, 0.1) is 20.8 Å². The van der Waals surface area contributed by atoms with Crippen LogP contribution in [-0.4, -0.2) is 19.1 Å². The molecule has 0 fully saturated rings. The molecule has 1 aliphatic heterocycles. The van der Waals surface area contributed by atoms with Crippen LogP contribution in [0.4, 0.5) is 0 Å². The zero-order valence-electron chi connectivity index (χ0n) is 17.5. The first-order chi connectivity index (χ1) is 13.9. The SMILES string of the molecule is C=C(/C=C\C(=C/C)c1cc2c(cc1C)OCCO2)NC(=O)c1c(C)cccc1C. The number of ether oxygens (including phenoxy) is 2. The normalized spacial score (nSPS) is 13.4. The monoisotopic (exact) mass is 389 g/mol. The van der Waals surface area contributed by atoms with Crippen LogP contribution in [0.3, 0.4) is 0 Å². The van der Waals surface area contributed by atoms with E-state index in [9.17, 15) is 4.79 Å². The zero-order valence-corrected chi connectivity index (χ0v) is 17.5. The maximum absolute atomic E-state index is 12.6. The fourth-order valence-corrected chi connectivity index (χ4v) is 3.46. The maximum atomic E-state index is 12.6. The third-order valence-electron chi connectivity index (χ3n) is 4.96. The second-order valence-electron chi connectivity index (χ2n) is 7.13. The lowest BCUT2D eigenvalue weighted by molar-refractivity contribution is 0.0966. The molecule has 2 aromatic carbocycles. The van der Waals surface area contributed by atoms with Gasteiger partial charge in [0.05, 0.1) is 0 Å². The molecule has 150 valence electrons. The Kier molecular flexibility index (Phi) is 6.23. The molecule has 0 unspecified atom stereocenters. The highest BCUT2D eigenvalue weighted by Crippen LogP contribution is 2.35. The molecule has 0 spiro atoms. The fraction of sp³-hybridized carbons (Fsp3) is 0.240. The van der Waals surface area contributed by atoms with Gasteiger partial charge in [-0.1, -0.05) is 36.9 Å². The van der Waals surface area contributed by atoms with E-state index in [1.165, 1.54) is 0 Å². The summed E-state index contributed by atoms with van der Waals surface area (Å²) in [4.78, 5) is 12.6. The second kappa shape index (κ2) is 8.82. The molecule has 29 heavy (non-hydrogen) atoms. The van der Waals surface area contributed by atoms with Gasteiger partial charge in [-0.15, -0.1) is 0 Å². The first-order valence-corrected chi connectivity index (χ1v) is 9.72. The van der Waals surface area contributed by atoms with E-state index < -0.39 is 0 Å². The maximum Gasteiger partial charge on any atom is 0.256 e. The van der Waals surface area contributed by atoms with Crippen LogP contribution in [0.1, 0.15) is 39.5 Å². The topological polar surface area (TPSA) is 47.6 Å². The van der Waals surface area contributed by atoms with Gasteiger partial charge < -0.3 is 14.8 Å². The molecule has 1 N–H and O–H groups in total. The number of hydrogen-bond acceptors (Lipinski definition) is 3. The van der Waals surface area contributed by atoms with Crippen molar-refractivity contribution in [3.63, 3.8) is 0 Å². The first-order valence-electron chi connectivity index (χ1n) is 9.72. The predicted octanol–water partition coefficient (Wildman–Crippen LogP) is 5.29. The number of carbonyl (C=O) groups excluding carboxylic acids is 1. The lowest BCUT2D eigenvalue weighted by Crippen LogP contribution is -2.23. The summed E-state index contributed by atoms with van der Waals surface area (Å²) in [6, 6.07) is 9.82. The summed E-state index contributed by atoms with van der Waals surface area (Å²) in [5, 5.41) is 2.88. The molecule has 3 rings (SSSR count). The summed E-state index contributed by atoms with van der Waals surface area (Å²) in [5.41, 5.74) is 6.28. The average molecular weight is 389 g/mol. The number of aryl methyl sites for hydroxylation is 3. The fourth-order valence-electron chi connectivity index (χ4n) is 3.46. The molecule has 0 atom stereocenters. The Morgan fingerprint density at radius 2 is 1.62 bits per heavy atom. The molecule has 1 aliphatic rings. The van der Waals surface area contributed by atoms with Crippen LogP contribution in [0.15, 0.2) is 60.8 Å². The summed E-state index contributed by atoms with van der Waals surface area (Å²) in [6.07, 6.45) is 5.79. The standard InChI is InChI=1S/C25H27NO3/c1-6-20(21-15-23-22(14-18(21)4)28-12-13-29-23)11-10-19(5)26-25(27)24-16(2)8-7-9-17(24)3/h6-11,14-15H,5,12-13H2,1-4H3,(H,26,27)/b11-10-,20-6+. The highest BCUT2D eigenvalue weighted by atomic mass is 16.6. The van der Waals surface area contributed by atoms with Crippen molar-refractivity contribution in [2.75, 3.05) is 13.2 Å². The number of amides is 1. The van der Waals surface area contributed by atoms with Gasteiger partial charge in [-0.3, -0.25) is 4.79 Å². The number of rotatable bonds is 5. The van der Waals surface area contributed by atoms with Gasteiger partial charge in [0.25, 0.3) is 5.91 Å². The summed E-state index contributed by atoms with van der Waals surface area (Å²) in [5.74, 6) is 1.39. The first kappa shape index (κ1) is 20.5. The minimum atomic E-state index is -0.146. The molecule has 0 radical (unpaired) electrons. The molecule has 0 bridgehead atoms. The molecule has 0 aromatic heterocycles. The van der Waals surface area contributed by atoms with Crippen molar-refractivity contribution in [1.29, 1.82) is 0 Å². The van der Waals surface area contributed by atoms with Crippen molar-refractivity contribution in [2.24, 2.45) is 0 Å². The quantitative estimate of drug-likeness (QED) is 0.707. The lowest BCUT2D eigenvalue weighted by atomic mass is 9.98. The smallest absolute Gasteiger partial charge is 0.256 e. The van der Waals surface area contributed by atoms with E-state index >= 15 is 0 Å². The largest absolute Gasteiger partial charge is 0.486 e. The number of hydrogen-bond donors (Lipinski definition) is 1. The van der Waals surface area contributed by atoms with E-state index in [4.69, 9.17) is 9.47 Å². The highest BCUT2D eigenvalue weighted by molar-refractivity contribution is 5.98. The van der Waals surface area contributed by atoms with E-state index in [2.05, 4.69) is 11.9 Å². The zero-order chi connectivity index (χ0) is 21.0. The predicted molar refractivity (Wildman–Crippen MR) is 117 cm³/mol. The Balaban J connectivity index is 1.76. The van der Waals surface area contributed by atoms with E-state index in [1.54, 1.807) is 0 Å². The van der Waals surface area contributed by atoms with E-state index in [-0.39, 0.29) is 5.91 Å². The Morgan fingerprint density at radius 3 is 2.24 bits per heavy atom. The van der Waals surface area contributed by atoms with Gasteiger partial charge in [0.15, 0.2) is 11.5 Å². The van der Waals surface area contributed by atoms with Crippen LogP contribution in [0.2, 0.25) is 0 Å². The number of nitrogens with one attached hydrogen (secondary N) is 1. The molecular formula is C25H27NO3. The Bertz CT molecular complexity index is 995. The Morgan fingerprint density at radius 1 is 1.00 bits per heavy atom. The van der Waals surface area contributed by atoms with Crippen LogP contribution in [0.5, 0.6) is 11.5 Å². The molecule has 1 heterocycles. The van der Waals surface area contributed by atoms with Crippen molar-refractivity contribution in [3.05, 3.63) is 88.7 Å². The average Bonchev–Trinajstić information content (AvgIpc) is 2.68. The second-order valence-corrected chi connectivity index (χ2v) is 7.13. The Hall–Kier alpha value is -3.27. The van der Waals surface area contributed by atoms with Crippen molar-refractivity contribution in [2.45, 2.75) is 27.7 Å². The number of allylic oxidation sites excluding steroid dienone is 4. The van der Waals surface area contributed by atoms with Crippen molar-refractivity contribution in [3.8, 4) is 11.5 Å². The summed E-state index contributed by atoms with van der Waals surface area (Å²) < 4.78 is 11.4. The van der Waals surface area contributed by atoms with Crippen molar-refractivity contribution >= 4 is 11.5 Å². The molecule has 4 nitrogen and oxygen atoms in total. The van der Waals surface area contributed by atoms with Crippen LogP contribution < -0.4 is 14.8 Å². The molecule has 0 saturated heterocycles. The van der Waals surface area contributed by atoms with E-state index in [0.717, 1.165) is 39.3 Å². The lowest BCUT2D eigenvalue weighted by Gasteiger charge is -2.20. The number of benzene rings is 2. The summed E-state index contributed by atoms with van der Waals surface area (Å²) in [7, 11) is 0. The van der Waals surface area contributed by atoms with Gasteiger partial charge in [-0.25, -0.2) is 0 Å². The third kappa shape index (κ3) is 4.60.